The van der Waals surface area contributed by atoms with E-state index in [-0.39, 0.29) is 0 Å². The van der Waals surface area contributed by atoms with Crippen LogP contribution in [0.25, 0.3) is 0 Å². The van der Waals surface area contributed by atoms with E-state index in [2.05, 4.69) is 0 Å². The number of morpholine rings is 1. The molecule has 1 unspecified atom stereocenters. The van der Waals surface area contributed by atoms with Gasteiger partial charge in [-0.2, -0.15) is 74.6 Å². The molecular formula is C10F19NO. The molecule has 0 spiro atoms. The van der Waals surface area contributed by atoms with Gasteiger partial charge in [-0.1, -0.05) is 0 Å². The highest BCUT2D eigenvalue weighted by Gasteiger charge is 3.08. The number of nitrogens with zero attached hydrogens (tertiary/aromatic N) is 1. The Morgan fingerprint density at radius 1 is 0.419 bits per heavy atom. The summed E-state index contributed by atoms with van der Waals surface area (Å²) in [6, 6.07) is -15.2. The molecule has 0 bridgehead atoms. The molecule has 1 saturated carbocycles. The molecule has 0 N–H and O–H groups in total. The lowest BCUT2D eigenvalue weighted by molar-refractivity contribution is -0.609. The van der Waals surface area contributed by atoms with E-state index in [0.29, 0.717) is 0 Å². The third-order valence-electron chi connectivity index (χ3n) is 4.38. The summed E-state index contributed by atoms with van der Waals surface area (Å²) < 4.78 is 256. The quantitative estimate of drug-likeness (QED) is 0.261. The molecule has 0 amide bonds. The number of ether oxygens (including phenoxy) is 1. The van der Waals surface area contributed by atoms with Gasteiger partial charge < -0.3 is 0 Å². The largest absolute Gasteiger partial charge is 0.440 e. The summed E-state index contributed by atoms with van der Waals surface area (Å²) in [5, 5.41) is -4.26. The van der Waals surface area contributed by atoms with Crippen LogP contribution >= 0.6 is 0 Å². The first-order valence-electron chi connectivity index (χ1n) is 6.68. The maximum absolute atomic E-state index is 14.5. The summed E-state index contributed by atoms with van der Waals surface area (Å²) in [5.74, 6) is -50.2. The fourth-order valence-corrected chi connectivity index (χ4v) is 2.62. The predicted octanol–water partition coefficient (Wildman–Crippen LogP) is 5.55. The number of halogens is 19. The van der Waals surface area contributed by atoms with Crippen molar-refractivity contribution in [2.45, 2.75) is 59.3 Å². The zero-order chi connectivity index (χ0) is 25.3. The van der Waals surface area contributed by atoms with Crippen molar-refractivity contribution in [2.75, 3.05) is 0 Å². The number of rotatable bonds is 1. The molecule has 1 heterocycles. The Balaban J connectivity index is 3.04. The van der Waals surface area contributed by atoms with Crippen molar-refractivity contribution in [1.82, 2.24) is 5.12 Å². The fraction of sp³-hybridized carbons (Fsp3) is 1.00. The Hall–Kier alpha value is -1.41. The molecule has 0 radical (unpaired) electrons. The van der Waals surface area contributed by atoms with Crippen LogP contribution in [0.4, 0.5) is 83.5 Å². The lowest BCUT2D eigenvalue weighted by Gasteiger charge is -2.58. The summed E-state index contributed by atoms with van der Waals surface area (Å²) in [4.78, 5) is 0. The van der Waals surface area contributed by atoms with Crippen LogP contribution in [0.15, 0.2) is 0 Å². The second kappa shape index (κ2) is 5.56. The highest BCUT2D eigenvalue weighted by molar-refractivity contribution is 5.32. The van der Waals surface area contributed by atoms with Crippen molar-refractivity contribution in [2.24, 2.45) is 0 Å². The normalized spacial score (nSPS) is 38.4. The Kier molecular flexibility index (Phi) is 4.63. The first kappa shape index (κ1) is 25.8. The van der Waals surface area contributed by atoms with Crippen molar-refractivity contribution in [3.8, 4) is 0 Å². The molecule has 0 aromatic rings. The van der Waals surface area contributed by atoms with Gasteiger partial charge in [-0.05, 0) is 5.12 Å². The first-order valence-corrected chi connectivity index (χ1v) is 6.68. The van der Waals surface area contributed by atoms with Gasteiger partial charge in [0.2, 0.25) is 0 Å². The summed E-state index contributed by atoms with van der Waals surface area (Å²) in [6.07, 6.45) is -7.44. The topological polar surface area (TPSA) is 12.5 Å². The molecule has 1 saturated heterocycles. The Bertz CT molecular complexity index is 744. The van der Waals surface area contributed by atoms with Gasteiger partial charge in [-0.15, -0.1) is 4.48 Å². The van der Waals surface area contributed by atoms with Gasteiger partial charge in [0.25, 0.3) is 0 Å². The molecule has 2 rings (SSSR count). The van der Waals surface area contributed by atoms with E-state index in [1.54, 1.807) is 0 Å². The lowest BCUT2D eigenvalue weighted by Crippen LogP contribution is -2.92. The number of alkyl halides is 18. The summed E-state index contributed by atoms with van der Waals surface area (Å²) >= 11 is 0. The van der Waals surface area contributed by atoms with E-state index in [1.807, 2.05) is 0 Å². The fourth-order valence-electron chi connectivity index (χ4n) is 2.62. The van der Waals surface area contributed by atoms with Crippen molar-refractivity contribution in [1.29, 1.82) is 0 Å². The molecule has 2 fully saturated rings. The van der Waals surface area contributed by atoms with Gasteiger partial charge >= 0.3 is 59.3 Å². The van der Waals surface area contributed by atoms with Crippen LogP contribution in [0, 0.1) is 0 Å². The van der Waals surface area contributed by atoms with Crippen molar-refractivity contribution in [3.05, 3.63) is 0 Å². The molecule has 2 nitrogen and oxygen atoms in total. The van der Waals surface area contributed by atoms with Crippen LogP contribution in [0.1, 0.15) is 0 Å². The van der Waals surface area contributed by atoms with Crippen molar-refractivity contribution >= 4 is 0 Å². The Labute approximate surface area is 154 Å². The SMILES string of the molecule is FN1C(F)(F)C(F)(F)OC(F)(C2(F)C(F)(F)C(F)(F)C(F)(F)C(F)(F)C2(F)F)C1(F)F. The molecule has 1 aliphatic carbocycles. The van der Waals surface area contributed by atoms with E-state index < -0.39 is 64.5 Å². The zero-order valence-corrected chi connectivity index (χ0v) is 13.0. The van der Waals surface area contributed by atoms with Crippen LogP contribution in [0.2, 0.25) is 0 Å². The molecule has 21 heteroatoms. The van der Waals surface area contributed by atoms with E-state index in [9.17, 15) is 83.5 Å². The number of hydrogen-bond donors (Lipinski definition) is 0. The monoisotopic (exact) mass is 511 g/mol. The highest BCUT2D eigenvalue weighted by atomic mass is 19.4. The minimum atomic E-state index is -8.74. The smallest absolute Gasteiger partial charge is 0.266 e. The van der Waals surface area contributed by atoms with Gasteiger partial charge in [-0.3, -0.25) is 4.74 Å². The maximum Gasteiger partial charge on any atom is 0.440 e. The second-order valence-corrected chi connectivity index (χ2v) is 6.11. The zero-order valence-electron chi connectivity index (χ0n) is 13.0. The Morgan fingerprint density at radius 2 is 0.710 bits per heavy atom. The van der Waals surface area contributed by atoms with E-state index in [0.717, 1.165) is 0 Å². The first-order chi connectivity index (χ1) is 13.1. The molecule has 31 heavy (non-hydrogen) atoms. The second-order valence-electron chi connectivity index (χ2n) is 6.11. The van der Waals surface area contributed by atoms with E-state index in [4.69, 9.17) is 0 Å². The minimum absolute atomic E-state index is 1.50. The molecule has 0 aromatic heterocycles. The third-order valence-corrected chi connectivity index (χ3v) is 4.38. The van der Waals surface area contributed by atoms with Crippen LogP contribution in [0.5, 0.6) is 0 Å². The molecular weight excluding hydrogens is 511 g/mol. The van der Waals surface area contributed by atoms with Gasteiger partial charge in [0.1, 0.15) is 0 Å². The van der Waals surface area contributed by atoms with Crippen LogP contribution in [-0.2, 0) is 4.74 Å². The van der Waals surface area contributed by atoms with Crippen LogP contribution in [0.3, 0.4) is 0 Å². The van der Waals surface area contributed by atoms with E-state index in [1.165, 1.54) is 4.74 Å². The average molecular weight is 511 g/mol. The minimum Gasteiger partial charge on any atom is -0.266 e. The van der Waals surface area contributed by atoms with Crippen molar-refractivity contribution in [3.63, 3.8) is 0 Å². The molecule has 1 atom stereocenters. The van der Waals surface area contributed by atoms with E-state index >= 15 is 0 Å². The predicted molar refractivity (Wildman–Crippen MR) is 51.3 cm³/mol. The standard InChI is InChI=1S/C10F19NO/c11-1(7(22)8(23,24)30(29)9(25,26)10(27,28)31-7)2(12,13)4(16,17)6(20,21)5(18,19)3(1,14)15. The Morgan fingerprint density at radius 3 is 1.03 bits per heavy atom. The van der Waals surface area contributed by atoms with Crippen molar-refractivity contribution < 1.29 is 88.2 Å². The average Bonchev–Trinajstić information content (AvgIpc) is 2.56. The maximum atomic E-state index is 14.5. The summed E-state index contributed by atoms with van der Waals surface area (Å²) in [6.45, 7) is 0. The van der Waals surface area contributed by atoms with Crippen LogP contribution in [-0.4, -0.2) is 64.5 Å². The van der Waals surface area contributed by atoms with Gasteiger partial charge in [0, 0.05) is 0 Å². The molecule has 184 valence electrons. The van der Waals surface area contributed by atoms with Gasteiger partial charge in [-0.25, -0.2) is 4.39 Å². The molecule has 2 aliphatic rings. The third kappa shape index (κ3) is 2.12. The molecule has 1 aliphatic heterocycles. The highest BCUT2D eigenvalue weighted by Crippen LogP contribution is 2.75. The summed E-state index contributed by atoms with van der Waals surface area (Å²) in [7, 11) is 0. The number of hydrogen-bond acceptors (Lipinski definition) is 2. The summed E-state index contributed by atoms with van der Waals surface area (Å²) in [5.41, 5.74) is -8.74. The lowest BCUT2D eigenvalue weighted by atomic mass is 9.67. The van der Waals surface area contributed by atoms with Crippen LogP contribution < -0.4 is 0 Å². The molecule has 0 aromatic carbocycles. The van der Waals surface area contributed by atoms with Gasteiger partial charge in [0.15, 0.2) is 0 Å². The van der Waals surface area contributed by atoms with Gasteiger partial charge in [0.05, 0.1) is 0 Å².